The lowest BCUT2D eigenvalue weighted by molar-refractivity contribution is 0.175. The molecule has 0 bridgehead atoms. The number of fused-ring (bicyclic) bond motifs is 3. The summed E-state index contributed by atoms with van der Waals surface area (Å²) in [6.45, 7) is 0.986. The molecule has 0 radical (unpaired) electrons. The van der Waals surface area contributed by atoms with Crippen molar-refractivity contribution >= 4 is 21.5 Å². The van der Waals surface area contributed by atoms with E-state index in [-0.39, 0.29) is 0 Å². The Kier molecular flexibility index (Phi) is 5.60. The number of benzene rings is 6. The molecular formula is C38H26O3. The van der Waals surface area contributed by atoms with Crippen molar-refractivity contribution in [2.24, 2.45) is 0 Å². The molecule has 2 heterocycles. The first-order valence-electron chi connectivity index (χ1n) is 13.9. The van der Waals surface area contributed by atoms with Crippen LogP contribution in [-0.2, 0) is 0 Å². The van der Waals surface area contributed by atoms with E-state index in [1.165, 1.54) is 32.7 Å². The summed E-state index contributed by atoms with van der Waals surface area (Å²) >= 11 is 0. The molecule has 1 aliphatic rings. The van der Waals surface area contributed by atoms with Crippen LogP contribution in [0.3, 0.4) is 0 Å². The maximum Gasteiger partial charge on any atom is 0.209 e. The van der Waals surface area contributed by atoms with Crippen LogP contribution in [0.5, 0.6) is 11.5 Å². The first kappa shape index (κ1) is 23.6. The lowest BCUT2D eigenvalue weighted by Gasteiger charge is -2.16. The van der Waals surface area contributed by atoms with E-state index in [0.717, 1.165) is 22.3 Å². The summed E-state index contributed by atoms with van der Waals surface area (Å²) in [7, 11) is 0. The van der Waals surface area contributed by atoms with Crippen molar-refractivity contribution in [2.45, 2.75) is 0 Å². The Labute approximate surface area is 238 Å². The SMILES string of the molecule is c1ccc2c(-c3ccc(-c4oc(-c5ccc(-c6cccc7ccccc67)cc5)c5c4OCCO5)cc3)cccc2c1. The topological polar surface area (TPSA) is 31.6 Å². The van der Waals surface area contributed by atoms with Crippen LogP contribution in [0.15, 0.2) is 138 Å². The molecular weight excluding hydrogens is 504 g/mol. The van der Waals surface area contributed by atoms with E-state index in [4.69, 9.17) is 13.9 Å². The lowest BCUT2D eigenvalue weighted by atomic mass is 9.97. The van der Waals surface area contributed by atoms with Gasteiger partial charge in [-0.05, 0) is 43.8 Å². The molecule has 3 heteroatoms. The van der Waals surface area contributed by atoms with Gasteiger partial charge in [-0.1, -0.05) is 133 Å². The van der Waals surface area contributed by atoms with E-state index in [9.17, 15) is 0 Å². The minimum Gasteiger partial charge on any atom is -0.483 e. The van der Waals surface area contributed by atoms with Crippen LogP contribution < -0.4 is 9.47 Å². The maximum absolute atomic E-state index is 6.52. The highest BCUT2D eigenvalue weighted by molar-refractivity contribution is 5.98. The monoisotopic (exact) mass is 530 g/mol. The van der Waals surface area contributed by atoms with Gasteiger partial charge in [0, 0.05) is 11.1 Å². The van der Waals surface area contributed by atoms with E-state index < -0.39 is 0 Å². The van der Waals surface area contributed by atoms with Crippen LogP contribution in [-0.4, -0.2) is 13.2 Å². The highest BCUT2D eigenvalue weighted by atomic mass is 16.6. The summed E-state index contributed by atoms with van der Waals surface area (Å²) < 4.78 is 18.7. The molecule has 8 rings (SSSR count). The van der Waals surface area contributed by atoms with Crippen molar-refractivity contribution in [1.82, 2.24) is 0 Å². The largest absolute Gasteiger partial charge is 0.483 e. The molecule has 0 atom stereocenters. The van der Waals surface area contributed by atoms with E-state index in [0.29, 0.717) is 36.2 Å². The molecule has 0 amide bonds. The summed E-state index contributed by atoms with van der Waals surface area (Å²) in [5.74, 6) is 2.72. The quantitative estimate of drug-likeness (QED) is 0.227. The molecule has 1 aliphatic heterocycles. The lowest BCUT2D eigenvalue weighted by Crippen LogP contribution is -2.14. The second-order valence-corrected chi connectivity index (χ2v) is 10.3. The summed E-state index contributed by atoms with van der Waals surface area (Å²) in [6.07, 6.45) is 0. The third kappa shape index (κ3) is 4.06. The fourth-order valence-corrected chi connectivity index (χ4v) is 5.89. The first-order valence-corrected chi connectivity index (χ1v) is 13.9. The van der Waals surface area contributed by atoms with Gasteiger partial charge in [0.1, 0.15) is 13.2 Å². The molecule has 0 fully saturated rings. The molecule has 0 spiro atoms. The molecule has 0 aliphatic carbocycles. The van der Waals surface area contributed by atoms with Gasteiger partial charge < -0.3 is 13.9 Å². The fraction of sp³-hybridized carbons (Fsp3) is 0.0526. The Morgan fingerprint density at radius 3 is 1.22 bits per heavy atom. The smallest absolute Gasteiger partial charge is 0.209 e. The normalized spacial score (nSPS) is 12.6. The van der Waals surface area contributed by atoms with Crippen molar-refractivity contribution in [3.63, 3.8) is 0 Å². The summed E-state index contributed by atoms with van der Waals surface area (Å²) in [4.78, 5) is 0. The Hall–Kier alpha value is -5.28. The van der Waals surface area contributed by atoms with Gasteiger partial charge in [-0.15, -0.1) is 0 Å². The standard InChI is InChI=1S/C38H26O3/c1-3-11-31-25(7-1)9-5-13-33(31)27-15-19-29(20-16-27)35-37-38(40-24-23-39-37)36(41-35)30-21-17-28(18-22-30)34-14-6-10-26-8-2-4-12-32(26)34/h1-22H,23-24H2. The molecule has 7 aromatic rings. The second-order valence-electron chi connectivity index (χ2n) is 10.3. The molecule has 196 valence electrons. The van der Waals surface area contributed by atoms with E-state index in [2.05, 4.69) is 133 Å². The van der Waals surface area contributed by atoms with Gasteiger partial charge in [0.25, 0.3) is 0 Å². The van der Waals surface area contributed by atoms with Gasteiger partial charge in [-0.3, -0.25) is 0 Å². The summed E-state index contributed by atoms with van der Waals surface area (Å²) in [5.41, 5.74) is 6.65. The molecule has 6 aromatic carbocycles. The van der Waals surface area contributed by atoms with Gasteiger partial charge in [-0.25, -0.2) is 0 Å². The van der Waals surface area contributed by atoms with E-state index in [1.807, 2.05) is 0 Å². The van der Waals surface area contributed by atoms with E-state index in [1.54, 1.807) is 0 Å². The molecule has 1 aromatic heterocycles. The number of hydrogen-bond acceptors (Lipinski definition) is 3. The molecule has 41 heavy (non-hydrogen) atoms. The van der Waals surface area contributed by atoms with Gasteiger partial charge in [0.2, 0.25) is 11.5 Å². The Bertz CT molecular complexity index is 1870. The van der Waals surface area contributed by atoms with Crippen molar-refractivity contribution in [3.05, 3.63) is 133 Å². The van der Waals surface area contributed by atoms with Crippen LogP contribution in [0.1, 0.15) is 0 Å². The Balaban J connectivity index is 1.16. The van der Waals surface area contributed by atoms with Crippen LogP contribution in [0.25, 0.3) is 66.4 Å². The second kappa shape index (κ2) is 9.72. The van der Waals surface area contributed by atoms with E-state index >= 15 is 0 Å². The minimum atomic E-state index is 0.493. The number of rotatable bonds is 4. The zero-order valence-corrected chi connectivity index (χ0v) is 22.3. The maximum atomic E-state index is 6.52. The van der Waals surface area contributed by atoms with Crippen molar-refractivity contribution in [2.75, 3.05) is 13.2 Å². The summed E-state index contributed by atoms with van der Waals surface area (Å²) in [5, 5.41) is 4.94. The molecule has 0 saturated carbocycles. The van der Waals surface area contributed by atoms with Gasteiger partial charge in [-0.2, -0.15) is 0 Å². The number of furan rings is 1. The predicted octanol–water partition coefficient (Wildman–Crippen LogP) is 10.0. The van der Waals surface area contributed by atoms with Crippen LogP contribution in [0.2, 0.25) is 0 Å². The highest BCUT2D eigenvalue weighted by Crippen LogP contribution is 2.50. The molecule has 0 saturated heterocycles. The van der Waals surface area contributed by atoms with Crippen molar-refractivity contribution in [1.29, 1.82) is 0 Å². The van der Waals surface area contributed by atoms with Crippen molar-refractivity contribution in [3.8, 4) is 56.4 Å². The average molecular weight is 531 g/mol. The number of ether oxygens (including phenoxy) is 2. The molecule has 0 N–H and O–H groups in total. The molecule has 0 unspecified atom stereocenters. The third-order valence-electron chi connectivity index (χ3n) is 7.89. The first-order chi connectivity index (χ1) is 20.3. The minimum absolute atomic E-state index is 0.493. The van der Waals surface area contributed by atoms with Crippen LogP contribution >= 0.6 is 0 Å². The van der Waals surface area contributed by atoms with Crippen LogP contribution in [0.4, 0.5) is 0 Å². The zero-order valence-electron chi connectivity index (χ0n) is 22.3. The highest BCUT2D eigenvalue weighted by Gasteiger charge is 2.28. The van der Waals surface area contributed by atoms with Crippen molar-refractivity contribution < 1.29 is 13.9 Å². The van der Waals surface area contributed by atoms with Gasteiger partial charge in [0.05, 0.1) is 0 Å². The van der Waals surface area contributed by atoms with Gasteiger partial charge >= 0.3 is 0 Å². The Morgan fingerprint density at radius 2 is 0.756 bits per heavy atom. The predicted molar refractivity (Wildman–Crippen MR) is 166 cm³/mol. The van der Waals surface area contributed by atoms with Crippen LogP contribution in [0, 0.1) is 0 Å². The zero-order chi connectivity index (χ0) is 27.2. The molecule has 3 nitrogen and oxygen atoms in total. The Morgan fingerprint density at radius 1 is 0.366 bits per heavy atom. The fourth-order valence-electron chi connectivity index (χ4n) is 5.89. The summed E-state index contributed by atoms with van der Waals surface area (Å²) in [6, 6.07) is 46.8. The average Bonchev–Trinajstić information content (AvgIpc) is 3.44. The third-order valence-corrected chi connectivity index (χ3v) is 7.89. The van der Waals surface area contributed by atoms with Gasteiger partial charge in [0.15, 0.2) is 11.5 Å². The number of hydrogen-bond donors (Lipinski definition) is 0.